The van der Waals surface area contributed by atoms with Crippen LogP contribution in [0.5, 0.6) is 6.01 Å². The molecular formula is C14H15BrN4O2. The van der Waals surface area contributed by atoms with Crippen LogP contribution in [0, 0.1) is 13.8 Å². The van der Waals surface area contributed by atoms with Gasteiger partial charge in [-0.05, 0) is 42.8 Å². The van der Waals surface area contributed by atoms with E-state index in [-0.39, 0.29) is 5.91 Å². The minimum atomic E-state index is -0.261. The quantitative estimate of drug-likeness (QED) is 0.917. The van der Waals surface area contributed by atoms with E-state index in [1.807, 2.05) is 6.92 Å². The smallest absolute Gasteiger partial charge is 0.316 e. The molecule has 0 bridgehead atoms. The Labute approximate surface area is 131 Å². The number of aromatic nitrogens is 3. The Morgan fingerprint density at radius 3 is 2.52 bits per heavy atom. The molecule has 0 spiro atoms. The molecule has 110 valence electrons. The summed E-state index contributed by atoms with van der Waals surface area (Å²) in [5, 5.41) is 2.81. The predicted molar refractivity (Wildman–Crippen MR) is 82.6 cm³/mol. The van der Waals surface area contributed by atoms with Gasteiger partial charge in [0.2, 0.25) is 0 Å². The predicted octanol–water partition coefficient (Wildman–Crippen LogP) is 2.90. The summed E-state index contributed by atoms with van der Waals surface area (Å²) >= 11 is 3.29. The molecule has 2 heterocycles. The van der Waals surface area contributed by atoms with Crippen molar-refractivity contribution in [1.82, 2.24) is 15.0 Å². The second kappa shape index (κ2) is 6.62. The molecule has 0 aliphatic rings. The number of ether oxygens (including phenoxy) is 1. The standard InChI is InChI=1S/C14H15BrN4O2/c1-4-21-14-17-8(2)12(9(3)18-14)19-13(20)10-5-11(15)7-16-6-10/h5-7H,4H2,1-3H3,(H,19,20). The molecule has 0 aliphatic heterocycles. The van der Waals surface area contributed by atoms with E-state index >= 15 is 0 Å². The monoisotopic (exact) mass is 350 g/mol. The summed E-state index contributed by atoms with van der Waals surface area (Å²) in [5.74, 6) is -0.261. The van der Waals surface area contributed by atoms with Gasteiger partial charge in [-0.1, -0.05) is 0 Å². The van der Waals surface area contributed by atoms with E-state index in [2.05, 4.69) is 36.2 Å². The minimum absolute atomic E-state index is 0.261. The van der Waals surface area contributed by atoms with Crippen molar-refractivity contribution in [3.05, 3.63) is 39.9 Å². The Bertz CT molecular complexity index is 653. The Morgan fingerprint density at radius 1 is 1.29 bits per heavy atom. The SMILES string of the molecule is CCOc1nc(C)c(NC(=O)c2cncc(Br)c2)c(C)n1. The third kappa shape index (κ3) is 3.75. The molecule has 7 heteroatoms. The van der Waals surface area contributed by atoms with E-state index in [0.29, 0.717) is 35.3 Å². The van der Waals surface area contributed by atoms with Crippen molar-refractivity contribution in [2.75, 3.05) is 11.9 Å². The first-order chi connectivity index (χ1) is 10.0. The van der Waals surface area contributed by atoms with Crippen molar-refractivity contribution in [2.24, 2.45) is 0 Å². The van der Waals surface area contributed by atoms with Crippen LogP contribution in [0.15, 0.2) is 22.9 Å². The van der Waals surface area contributed by atoms with Crippen molar-refractivity contribution >= 4 is 27.5 Å². The van der Waals surface area contributed by atoms with Crippen LogP contribution < -0.4 is 10.1 Å². The second-order valence-corrected chi connectivity index (χ2v) is 5.25. The highest BCUT2D eigenvalue weighted by molar-refractivity contribution is 9.10. The van der Waals surface area contributed by atoms with E-state index in [4.69, 9.17) is 4.74 Å². The highest BCUT2D eigenvalue weighted by Crippen LogP contribution is 2.20. The van der Waals surface area contributed by atoms with Crippen molar-refractivity contribution in [1.29, 1.82) is 0 Å². The van der Waals surface area contributed by atoms with E-state index in [0.717, 1.165) is 4.47 Å². The Morgan fingerprint density at radius 2 is 1.95 bits per heavy atom. The van der Waals surface area contributed by atoms with Crippen LogP contribution >= 0.6 is 15.9 Å². The van der Waals surface area contributed by atoms with Crippen LogP contribution in [0.25, 0.3) is 0 Å². The van der Waals surface area contributed by atoms with Gasteiger partial charge in [-0.2, -0.15) is 9.97 Å². The van der Waals surface area contributed by atoms with Gasteiger partial charge in [0.05, 0.1) is 29.2 Å². The molecule has 0 aromatic carbocycles. The van der Waals surface area contributed by atoms with Gasteiger partial charge in [-0.3, -0.25) is 9.78 Å². The molecule has 6 nitrogen and oxygen atoms in total. The zero-order chi connectivity index (χ0) is 15.4. The first-order valence-electron chi connectivity index (χ1n) is 6.41. The molecule has 21 heavy (non-hydrogen) atoms. The molecule has 0 unspecified atom stereocenters. The largest absolute Gasteiger partial charge is 0.464 e. The molecule has 0 atom stereocenters. The first-order valence-corrected chi connectivity index (χ1v) is 7.20. The maximum Gasteiger partial charge on any atom is 0.316 e. The summed E-state index contributed by atoms with van der Waals surface area (Å²) < 4.78 is 6.02. The molecular weight excluding hydrogens is 336 g/mol. The molecule has 0 fully saturated rings. The summed E-state index contributed by atoms with van der Waals surface area (Å²) in [6.07, 6.45) is 3.12. The zero-order valence-electron chi connectivity index (χ0n) is 12.0. The van der Waals surface area contributed by atoms with E-state index in [1.54, 1.807) is 26.1 Å². The van der Waals surface area contributed by atoms with Crippen molar-refractivity contribution in [3.8, 4) is 6.01 Å². The number of nitrogens with one attached hydrogen (secondary N) is 1. The summed E-state index contributed by atoms with van der Waals surface area (Å²) in [6, 6.07) is 2.01. The molecule has 2 aromatic rings. The highest BCUT2D eigenvalue weighted by atomic mass is 79.9. The maximum absolute atomic E-state index is 12.2. The molecule has 0 aliphatic carbocycles. The number of carbonyl (C=O) groups excluding carboxylic acids is 1. The van der Waals surface area contributed by atoms with Gasteiger partial charge in [-0.25, -0.2) is 0 Å². The normalized spacial score (nSPS) is 10.3. The van der Waals surface area contributed by atoms with Gasteiger partial charge in [0.15, 0.2) is 0 Å². The molecule has 1 N–H and O–H groups in total. The average molecular weight is 351 g/mol. The van der Waals surface area contributed by atoms with Crippen molar-refractivity contribution in [2.45, 2.75) is 20.8 Å². The lowest BCUT2D eigenvalue weighted by molar-refractivity contribution is 0.102. The number of hydrogen-bond donors (Lipinski definition) is 1. The average Bonchev–Trinajstić information content (AvgIpc) is 2.43. The lowest BCUT2D eigenvalue weighted by Gasteiger charge is -2.12. The van der Waals surface area contributed by atoms with E-state index in [9.17, 15) is 4.79 Å². The van der Waals surface area contributed by atoms with E-state index in [1.165, 1.54) is 6.20 Å². The van der Waals surface area contributed by atoms with Crippen LogP contribution in [0.2, 0.25) is 0 Å². The van der Waals surface area contributed by atoms with E-state index < -0.39 is 0 Å². The van der Waals surface area contributed by atoms with Crippen LogP contribution in [0.4, 0.5) is 5.69 Å². The third-order valence-electron chi connectivity index (χ3n) is 2.73. The highest BCUT2D eigenvalue weighted by Gasteiger charge is 2.14. The number of carbonyl (C=O) groups is 1. The number of aryl methyl sites for hydroxylation is 2. The van der Waals surface area contributed by atoms with Gasteiger partial charge >= 0.3 is 6.01 Å². The fourth-order valence-electron chi connectivity index (χ4n) is 1.78. The van der Waals surface area contributed by atoms with Gasteiger partial charge in [0.25, 0.3) is 5.91 Å². The van der Waals surface area contributed by atoms with Crippen LogP contribution in [-0.4, -0.2) is 27.5 Å². The topological polar surface area (TPSA) is 77.0 Å². The first kappa shape index (κ1) is 15.4. The van der Waals surface area contributed by atoms with Crippen molar-refractivity contribution < 1.29 is 9.53 Å². The Balaban J connectivity index is 2.25. The maximum atomic E-state index is 12.2. The van der Waals surface area contributed by atoms with Gasteiger partial charge in [-0.15, -0.1) is 0 Å². The molecule has 0 saturated heterocycles. The zero-order valence-corrected chi connectivity index (χ0v) is 13.6. The van der Waals surface area contributed by atoms with Crippen molar-refractivity contribution in [3.63, 3.8) is 0 Å². The number of anilines is 1. The second-order valence-electron chi connectivity index (χ2n) is 4.33. The number of amides is 1. The fraction of sp³-hybridized carbons (Fsp3) is 0.286. The third-order valence-corrected chi connectivity index (χ3v) is 3.16. The van der Waals surface area contributed by atoms with Gasteiger partial charge in [0, 0.05) is 16.9 Å². The summed E-state index contributed by atoms with van der Waals surface area (Å²) in [5.41, 5.74) is 2.35. The number of pyridine rings is 1. The Hall–Kier alpha value is -2.02. The van der Waals surface area contributed by atoms with Crippen LogP contribution in [0.1, 0.15) is 28.7 Å². The fourth-order valence-corrected chi connectivity index (χ4v) is 2.15. The summed E-state index contributed by atoms with van der Waals surface area (Å²) in [6.45, 7) is 5.95. The Kier molecular flexibility index (Phi) is 4.85. The number of hydrogen-bond acceptors (Lipinski definition) is 5. The summed E-state index contributed by atoms with van der Waals surface area (Å²) in [4.78, 5) is 24.6. The molecule has 0 saturated carbocycles. The molecule has 1 amide bonds. The number of rotatable bonds is 4. The molecule has 2 aromatic heterocycles. The molecule has 2 rings (SSSR count). The van der Waals surface area contributed by atoms with Crippen LogP contribution in [0.3, 0.4) is 0 Å². The number of halogens is 1. The van der Waals surface area contributed by atoms with Gasteiger partial charge in [0.1, 0.15) is 0 Å². The lowest BCUT2D eigenvalue weighted by atomic mass is 10.2. The molecule has 0 radical (unpaired) electrons. The lowest BCUT2D eigenvalue weighted by Crippen LogP contribution is -2.15. The van der Waals surface area contributed by atoms with Gasteiger partial charge < -0.3 is 10.1 Å². The summed E-state index contributed by atoms with van der Waals surface area (Å²) in [7, 11) is 0. The number of nitrogens with zero attached hydrogens (tertiary/aromatic N) is 3. The minimum Gasteiger partial charge on any atom is -0.464 e. The van der Waals surface area contributed by atoms with Crippen LogP contribution in [-0.2, 0) is 0 Å².